The zero-order chi connectivity index (χ0) is 27.2. The van der Waals surface area contributed by atoms with E-state index in [-0.39, 0.29) is 17.9 Å². The predicted molar refractivity (Wildman–Crippen MR) is 144 cm³/mol. The Hall–Kier alpha value is -3.63. The van der Waals surface area contributed by atoms with Crippen molar-refractivity contribution in [3.05, 3.63) is 84.6 Å². The van der Waals surface area contributed by atoms with Crippen molar-refractivity contribution < 1.29 is 32.6 Å². The second-order valence-corrected chi connectivity index (χ2v) is 10.5. The number of nitrogens with zero attached hydrogens (tertiary/aromatic N) is 1. The second-order valence-electron chi connectivity index (χ2n) is 8.74. The Kier molecular flexibility index (Phi) is 11.4. The fourth-order valence-corrected chi connectivity index (χ4v) is 5.14. The molecule has 3 rings (SSSR count). The highest BCUT2D eigenvalue weighted by molar-refractivity contribution is 7.89. The number of benzene rings is 2. The van der Waals surface area contributed by atoms with Gasteiger partial charge in [0.2, 0.25) is 10.0 Å². The molecule has 0 saturated carbocycles. The van der Waals surface area contributed by atoms with Crippen LogP contribution in [-0.2, 0) is 26.0 Å². The molecular weight excluding hydrogens is 506 g/mol. The summed E-state index contributed by atoms with van der Waals surface area (Å²) in [7, 11) is -3.89. The van der Waals surface area contributed by atoms with Crippen LogP contribution in [0, 0.1) is 0 Å². The Morgan fingerprint density at radius 2 is 1.82 bits per heavy atom. The smallest absolute Gasteiger partial charge is 0.313 e. The van der Waals surface area contributed by atoms with Crippen LogP contribution in [0.1, 0.15) is 38.2 Å². The van der Waals surface area contributed by atoms with Crippen molar-refractivity contribution in [1.29, 1.82) is 0 Å². The zero-order valence-corrected chi connectivity index (χ0v) is 22.4. The third kappa shape index (κ3) is 9.68. The minimum atomic E-state index is -3.89. The first-order valence-electron chi connectivity index (χ1n) is 12.8. The van der Waals surface area contributed by atoms with Gasteiger partial charge in [-0.05, 0) is 56.4 Å². The van der Waals surface area contributed by atoms with Gasteiger partial charge in [0.25, 0.3) is 0 Å². The van der Waals surface area contributed by atoms with Crippen LogP contribution in [0.3, 0.4) is 0 Å². The summed E-state index contributed by atoms with van der Waals surface area (Å²) in [5.74, 6) is 0.605. The molecule has 0 aliphatic heterocycles. The molecule has 38 heavy (non-hydrogen) atoms. The average molecular weight is 543 g/mol. The third-order valence-electron chi connectivity index (χ3n) is 5.77. The molecule has 0 fully saturated rings. The lowest BCUT2D eigenvalue weighted by Gasteiger charge is -2.18. The van der Waals surface area contributed by atoms with E-state index >= 15 is 0 Å². The van der Waals surface area contributed by atoms with Crippen LogP contribution in [0.15, 0.2) is 83.9 Å². The molecule has 0 aliphatic carbocycles. The first-order valence-corrected chi connectivity index (χ1v) is 14.2. The van der Waals surface area contributed by atoms with Gasteiger partial charge in [-0.2, -0.15) is 0 Å². The Morgan fingerprint density at radius 3 is 2.58 bits per heavy atom. The molecule has 0 bridgehead atoms. The number of carbonyl (C=O) groups excluding carboxylic acids is 1. The number of aromatic nitrogens is 1. The Balaban J connectivity index is 1.53. The van der Waals surface area contributed by atoms with E-state index in [0.717, 1.165) is 23.1 Å². The maximum Gasteiger partial charge on any atom is 0.313 e. The molecular formula is C28H36N3O6S+. The first-order chi connectivity index (χ1) is 18.4. The van der Waals surface area contributed by atoms with Crippen molar-refractivity contribution in [3.8, 4) is 5.75 Å². The molecule has 1 unspecified atom stereocenters. The van der Waals surface area contributed by atoms with Gasteiger partial charge in [-0.3, -0.25) is 10.1 Å². The number of ether oxygens (including phenoxy) is 2. The van der Waals surface area contributed by atoms with Crippen LogP contribution in [0.4, 0.5) is 5.82 Å². The summed E-state index contributed by atoms with van der Waals surface area (Å²) in [5, 5.41) is 12.8. The van der Waals surface area contributed by atoms with Crippen LogP contribution in [0.25, 0.3) is 0 Å². The van der Waals surface area contributed by atoms with Gasteiger partial charge in [0.15, 0.2) is 0 Å². The van der Waals surface area contributed by atoms with E-state index in [9.17, 15) is 18.4 Å². The molecule has 3 aromatic rings. The number of nitrogens with one attached hydrogen (secondary N) is 2. The maximum absolute atomic E-state index is 13.2. The largest absolute Gasteiger partial charge is 0.494 e. The van der Waals surface area contributed by atoms with Crippen molar-refractivity contribution in [2.75, 3.05) is 25.1 Å². The predicted octanol–water partition coefficient (Wildman–Crippen LogP) is 3.72. The van der Waals surface area contributed by atoms with Crippen LogP contribution in [0.5, 0.6) is 5.75 Å². The Labute approximate surface area is 224 Å². The molecule has 9 nitrogen and oxygen atoms in total. The summed E-state index contributed by atoms with van der Waals surface area (Å²) in [4.78, 5) is 12.2. The van der Waals surface area contributed by atoms with Gasteiger partial charge in [-0.1, -0.05) is 47.2 Å². The van der Waals surface area contributed by atoms with E-state index in [1.54, 1.807) is 37.4 Å². The van der Waals surface area contributed by atoms with E-state index in [2.05, 4.69) is 10.0 Å². The SMILES string of the molecule is CCOC(=O)CC(CCc1ccccc1)NS(=O)(=O)c1cccc(OCCCCNc2cccc[n+]2O)c1. The van der Waals surface area contributed by atoms with Gasteiger partial charge in [-0.15, -0.1) is 0 Å². The van der Waals surface area contributed by atoms with Crippen LogP contribution >= 0.6 is 0 Å². The van der Waals surface area contributed by atoms with E-state index in [4.69, 9.17) is 9.47 Å². The number of unbranched alkanes of at least 4 members (excludes halogenated alkanes) is 1. The summed E-state index contributed by atoms with van der Waals surface area (Å²) in [6.07, 6.45) is 4.10. The summed E-state index contributed by atoms with van der Waals surface area (Å²) in [5.41, 5.74) is 1.06. The lowest BCUT2D eigenvalue weighted by Crippen LogP contribution is -2.37. The van der Waals surface area contributed by atoms with Crippen molar-refractivity contribution in [1.82, 2.24) is 4.72 Å². The number of sulfonamides is 1. The lowest BCUT2D eigenvalue weighted by atomic mass is 10.0. The van der Waals surface area contributed by atoms with Crippen LogP contribution in [-0.4, -0.2) is 45.4 Å². The van der Waals surface area contributed by atoms with Gasteiger partial charge in [0.1, 0.15) is 11.9 Å². The molecule has 1 heterocycles. The number of hydrogen-bond donors (Lipinski definition) is 3. The highest BCUT2D eigenvalue weighted by Gasteiger charge is 2.23. The number of esters is 1. The van der Waals surface area contributed by atoms with E-state index in [0.29, 0.717) is 37.6 Å². The van der Waals surface area contributed by atoms with E-state index < -0.39 is 22.0 Å². The fourth-order valence-electron chi connectivity index (χ4n) is 3.84. The molecule has 0 aliphatic rings. The van der Waals surface area contributed by atoms with Gasteiger partial charge >= 0.3 is 11.8 Å². The standard InChI is InChI=1S/C28H35N3O6S/c1-2-36-28(32)21-24(17-16-23-11-4-3-5-12-23)30-38(34,35)26-14-10-13-25(22-26)37-20-9-7-18-29-27-15-6-8-19-31(27)33/h3-6,8,10-15,19,22,24,30,33H,2,7,9,16-18,20-21H2,1H3/p+1. The molecule has 2 aromatic carbocycles. The van der Waals surface area contributed by atoms with Crippen LogP contribution < -0.4 is 19.5 Å². The van der Waals surface area contributed by atoms with E-state index in [1.165, 1.54) is 12.1 Å². The maximum atomic E-state index is 13.2. The van der Waals surface area contributed by atoms with Gasteiger partial charge in [0, 0.05) is 18.2 Å². The summed E-state index contributed by atoms with van der Waals surface area (Å²) >= 11 is 0. The molecule has 3 N–H and O–H groups in total. The quantitative estimate of drug-likeness (QED) is 0.109. The number of aryl methyl sites for hydroxylation is 1. The summed E-state index contributed by atoms with van der Waals surface area (Å²) in [6, 6.07) is 20.8. The Bertz CT molecular complexity index is 1250. The van der Waals surface area contributed by atoms with Crippen molar-refractivity contribution >= 4 is 21.8 Å². The lowest BCUT2D eigenvalue weighted by molar-refractivity contribution is -0.893. The molecule has 204 valence electrons. The second kappa shape index (κ2) is 14.9. The minimum absolute atomic E-state index is 0.0522. The third-order valence-corrected chi connectivity index (χ3v) is 7.28. The number of carbonyl (C=O) groups is 1. The van der Waals surface area contributed by atoms with Crippen molar-refractivity contribution in [2.45, 2.75) is 50.0 Å². The molecule has 0 spiro atoms. The monoisotopic (exact) mass is 542 g/mol. The summed E-state index contributed by atoms with van der Waals surface area (Å²) in [6.45, 7) is 3.02. The Morgan fingerprint density at radius 1 is 1.03 bits per heavy atom. The first kappa shape index (κ1) is 28.9. The zero-order valence-electron chi connectivity index (χ0n) is 21.6. The normalized spacial score (nSPS) is 12.0. The minimum Gasteiger partial charge on any atom is -0.494 e. The van der Waals surface area contributed by atoms with Gasteiger partial charge in [-0.25, -0.2) is 13.1 Å². The molecule has 0 saturated heterocycles. The molecule has 0 amide bonds. The van der Waals surface area contributed by atoms with E-state index in [1.807, 2.05) is 36.4 Å². The number of anilines is 1. The molecule has 1 atom stereocenters. The van der Waals surface area contributed by atoms with Gasteiger partial charge in [0.05, 0.1) is 31.1 Å². The van der Waals surface area contributed by atoms with Crippen molar-refractivity contribution in [2.24, 2.45) is 0 Å². The molecule has 1 aromatic heterocycles. The average Bonchev–Trinajstić information content (AvgIpc) is 2.91. The number of pyridine rings is 1. The van der Waals surface area contributed by atoms with Gasteiger partial charge < -0.3 is 14.7 Å². The molecule has 0 radical (unpaired) electrons. The van der Waals surface area contributed by atoms with Crippen LogP contribution in [0.2, 0.25) is 0 Å². The topological polar surface area (TPSA) is 118 Å². The number of rotatable bonds is 16. The highest BCUT2D eigenvalue weighted by Crippen LogP contribution is 2.19. The number of hydrogen-bond acceptors (Lipinski definition) is 7. The summed E-state index contributed by atoms with van der Waals surface area (Å²) < 4.78 is 40.9. The molecule has 10 heteroatoms. The van der Waals surface area contributed by atoms with Crippen molar-refractivity contribution in [3.63, 3.8) is 0 Å². The highest BCUT2D eigenvalue weighted by atomic mass is 32.2. The fraction of sp³-hybridized carbons (Fsp3) is 0.357.